The van der Waals surface area contributed by atoms with Gasteiger partial charge in [-0.2, -0.15) is 0 Å². The average molecular weight is 376 g/mol. The Morgan fingerprint density at radius 3 is 2.77 bits per heavy atom. The van der Waals surface area contributed by atoms with Crippen molar-refractivity contribution in [3.05, 3.63) is 36.3 Å². The predicted molar refractivity (Wildman–Crippen MR) is 104 cm³/mol. The van der Waals surface area contributed by atoms with Crippen molar-refractivity contribution in [1.29, 1.82) is 0 Å². The van der Waals surface area contributed by atoms with Crippen molar-refractivity contribution in [2.45, 2.75) is 57.3 Å². The molecule has 1 aromatic carbocycles. The maximum absolute atomic E-state index is 13.2. The molecule has 1 unspecified atom stereocenters. The third kappa shape index (κ3) is 4.29. The van der Waals surface area contributed by atoms with Crippen LogP contribution in [0.1, 0.15) is 39.5 Å². The first-order valence-corrected chi connectivity index (χ1v) is 10.3. The van der Waals surface area contributed by atoms with Gasteiger partial charge in [0.2, 0.25) is 5.91 Å². The Hall–Kier alpha value is -1.82. The zero-order valence-electron chi connectivity index (χ0n) is 15.4. The topological polar surface area (TPSA) is 38.1 Å². The lowest BCUT2D eigenvalue weighted by atomic mass is 10.0. The summed E-state index contributed by atoms with van der Waals surface area (Å²) in [6.07, 6.45) is 6.18. The van der Waals surface area contributed by atoms with Gasteiger partial charge in [-0.3, -0.25) is 4.79 Å². The molecule has 1 saturated heterocycles. The third-order valence-corrected chi connectivity index (χ3v) is 5.83. The summed E-state index contributed by atoms with van der Waals surface area (Å²) in [6, 6.07) is 6.81. The lowest BCUT2D eigenvalue weighted by Gasteiger charge is -2.33. The smallest absolute Gasteiger partial charge is 0.233 e. The molecule has 140 valence electrons. The summed E-state index contributed by atoms with van der Waals surface area (Å²) in [5.41, 5.74) is 1.91. The van der Waals surface area contributed by atoms with Crippen LogP contribution in [-0.2, 0) is 11.3 Å². The average Bonchev–Trinajstić information content (AvgIpc) is 3.04. The number of carbonyl (C=O) groups is 1. The first-order chi connectivity index (χ1) is 12.6. The number of amides is 1. The van der Waals surface area contributed by atoms with Crippen LogP contribution in [0.25, 0.3) is 11.3 Å². The number of hydrogen-bond acceptors (Lipinski definition) is 3. The van der Waals surface area contributed by atoms with Crippen LogP contribution in [0.4, 0.5) is 4.39 Å². The van der Waals surface area contributed by atoms with Gasteiger partial charge in [0.15, 0.2) is 5.16 Å². The minimum atomic E-state index is -0.244. The van der Waals surface area contributed by atoms with Gasteiger partial charge in [0.05, 0.1) is 17.6 Å². The molecule has 0 N–H and O–H groups in total. The van der Waals surface area contributed by atoms with Crippen molar-refractivity contribution in [3.63, 3.8) is 0 Å². The highest BCUT2D eigenvalue weighted by Crippen LogP contribution is 2.27. The van der Waals surface area contributed by atoms with Crippen molar-refractivity contribution in [3.8, 4) is 11.3 Å². The lowest BCUT2D eigenvalue weighted by molar-refractivity contribution is -0.131. The zero-order chi connectivity index (χ0) is 18.5. The monoisotopic (exact) mass is 375 g/mol. The van der Waals surface area contributed by atoms with E-state index in [1.165, 1.54) is 30.3 Å². The largest absolute Gasteiger partial charge is 0.339 e. The highest BCUT2D eigenvalue weighted by molar-refractivity contribution is 7.99. The van der Waals surface area contributed by atoms with Crippen LogP contribution in [-0.4, -0.2) is 38.7 Å². The van der Waals surface area contributed by atoms with Gasteiger partial charge < -0.3 is 9.47 Å². The van der Waals surface area contributed by atoms with Crippen molar-refractivity contribution in [2.24, 2.45) is 0 Å². The van der Waals surface area contributed by atoms with E-state index in [9.17, 15) is 9.18 Å². The Labute approximate surface area is 158 Å². The second kappa shape index (κ2) is 8.71. The van der Waals surface area contributed by atoms with Crippen molar-refractivity contribution in [2.75, 3.05) is 12.3 Å². The van der Waals surface area contributed by atoms with E-state index in [1.807, 2.05) is 11.1 Å². The summed E-state index contributed by atoms with van der Waals surface area (Å²) in [4.78, 5) is 19.1. The van der Waals surface area contributed by atoms with Crippen molar-refractivity contribution < 1.29 is 9.18 Å². The SMILES string of the molecule is CCCn1c(-c2ccc(F)cc2)cnc1SCC(=O)N1CCCCC1C. The van der Waals surface area contributed by atoms with Crippen LogP contribution in [0.2, 0.25) is 0 Å². The number of hydrogen-bond donors (Lipinski definition) is 0. The number of halogens is 1. The fourth-order valence-electron chi connectivity index (χ4n) is 3.44. The minimum Gasteiger partial charge on any atom is -0.339 e. The minimum absolute atomic E-state index is 0.191. The molecule has 1 aliphatic rings. The van der Waals surface area contributed by atoms with E-state index in [0.29, 0.717) is 11.8 Å². The molecule has 0 aliphatic carbocycles. The van der Waals surface area contributed by atoms with E-state index in [2.05, 4.69) is 23.4 Å². The summed E-state index contributed by atoms with van der Waals surface area (Å²) < 4.78 is 15.3. The molecule has 0 saturated carbocycles. The summed E-state index contributed by atoms with van der Waals surface area (Å²) in [5.74, 6) is 0.358. The number of benzene rings is 1. The molecule has 26 heavy (non-hydrogen) atoms. The quantitative estimate of drug-likeness (QED) is 0.693. The lowest BCUT2D eigenvalue weighted by Crippen LogP contribution is -2.43. The van der Waals surface area contributed by atoms with Crippen molar-refractivity contribution in [1.82, 2.24) is 14.5 Å². The molecule has 2 heterocycles. The van der Waals surface area contributed by atoms with E-state index in [1.54, 1.807) is 12.1 Å². The number of nitrogens with zero attached hydrogens (tertiary/aromatic N) is 3. The van der Waals surface area contributed by atoms with Gasteiger partial charge in [0, 0.05) is 19.1 Å². The first kappa shape index (κ1) is 19.0. The fraction of sp³-hybridized carbons (Fsp3) is 0.500. The molecule has 1 aliphatic heterocycles. The van der Waals surface area contributed by atoms with E-state index >= 15 is 0 Å². The van der Waals surface area contributed by atoms with Crippen LogP contribution >= 0.6 is 11.8 Å². The molecule has 6 heteroatoms. The molecule has 0 radical (unpaired) electrons. The van der Waals surface area contributed by atoms with Crippen LogP contribution in [0.5, 0.6) is 0 Å². The molecule has 0 spiro atoms. The van der Waals surface area contributed by atoms with E-state index in [-0.39, 0.29) is 11.7 Å². The van der Waals surface area contributed by atoms with Gasteiger partial charge >= 0.3 is 0 Å². The molecule has 4 nitrogen and oxygen atoms in total. The highest BCUT2D eigenvalue weighted by atomic mass is 32.2. The van der Waals surface area contributed by atoms with Crippen molar-refractivity contribution >= 4 is 17.7 Å². The number of carbonyl (C=O) groups excluding carboxylic acids is 1. The molecule has 1 amide bonds. The number of imidazole rings is 1. The van der Waals surface area contributed by atoms with E-state index in [0.717, 1.165) is 48.8 Å². The number of likely N-dealkylation sites (tertiary alicyclic amines) is 1. The molecule has 1 fully saturated rings. The molecule has 2 aromatic rings. The second-order valence-corrected chi connectivity index (χ2v) is 7.75. The third-order valence-electron chi connectivity index (χ3n) is 4.85. The summed E-state index contributed by atoms with van der Waals surface area (Å²) in [6.45, 7) is 5.93. The Bertz CT molecular complexity index is 744. The molecule has 3 rings (SSSR count). The molecule has 0 bridgehead atoms. The van der Waals surface area contributed by atoms with Gasteiger partial charge in [0.1, 0.15) is 5.82 Å². The summed E-state index contributed by atoms with van der Waals surface area (Å²) in [5, 5.41) is 0.851. The number of rotatable bonds is 6. The van der Waals surface area contributed by atoms with Crippen LogP contribution in [0.3, 0.4) is 0 Å². The van der Waals surface area contributed by atoms with E-state index < -0.39 is 0 Å². The first-order valence-electron chi connectivity index (χ1n) is 9.34. The predicted octanol–water partition coefficient (Wildman–Crippen LogP) is 4.59. The maximum Gasteiger partial charge on any atom is 0.233 e. The second-order valence-electron chi connectivity index (χ2n) is 6.81. The van der Waals surface area contributed by atoms with E-state index in [4.69, 9.17) is 0 Å². The Balaban J connectivity index is 1.73. The van der Waals surface area contributed by atoms with Crippen LogP contribution < -0.4 is 0 Å². The van der Waals surface area contributed by atoms with Crippen LogP contribution in [0, 0.1) is 5.82 Å². The highest BCUT2D eigenvalue weighted by Gasteiger charge is 2.23. The number of piperidine rings is 1. The summed E-state index contributed by atoms with van der Waals surface area (Å²) in [7, 11) is 0. The van der Waals surface area contributed by atoms with Gasteiger partial charge in [-0.05, 0) is 62.4 Å². The Morgan fingerprint density at radius 1 is 1.31 bits per heavy atom. The van der Waals surface area contributed by atoms with Gasteiger partial charge in [0.25, 0.3) is 0 Å². The number of thioether (sulfide) groups is 1. The van der Waals surface area contributed by atoms with Gasteiger partial charge in [-0.15, -0.1) is 0 Å². The summed E-state index contributed by atoms with van der Waals surface area (Å²) >= 11 is 1.50. The normalized spacial score (nSPS) is 17.5. The van der Waals surface area contributed by atoms with Gasteiger partial charge in [-0.1, -0.05) is 18.7 Å². The molecule has 1 atom stereocenters. The number of aromatic nitrogens is 2. The van der Waals surface area contributed by atoms with Gasteiger partial charge in [-0.25, -0.2) is 9.37 Å². The maximum atomic E-state index is 13.2. The zero-order valence-corrected chi connectivity index (χ0v) is 16.3. The standard InChI is InChI=1S/C20H26FN3OS/c1-3-11-24-18(16-7-9-17(21)10-8-16)13-22-20(24)26-14-19(25)23-12-5-4-6-15(23)2/h7-10,13,15H,3-6,11-12,14H2,1-2H3. The van der Waals surface area contributed by atoms with Crippen LogP contribution in [0.15, 0.2) is 35.6 Å². The molecule has 1 aromatic heterocycles. The molecular weight excluding hydrogens is 349 g/mol. The fourth-order valence-corrected chi connectivity index (χ4v) is 4.33. The Morgan fingerprint density at radius 2 is 2.08 bits per heavy atom. The Kier molecular flexibility index (Phi) is 6.35. The molecular formula is C20H26FN3OS.